The van der Waals surface area contributed by atoms with Crippen LogP contribution in [0.4, 0.5) is 5.69 Å². The molecule has 1 heterocycles. The molecule has 0 aliphatic carbocycles. The van der Waals surface area contributed by atoms with Gasteiger partial charge in [0.1, 0.15) is 0 Å². The Morgan fingerprint density at radius 1 is 0.917 bits per heavy atom. The summed E-state index contributed by atoms with van der Waals surface area (Å²) < 4.78 is 0. The zero-order valence-corrected chi connectivity index (χ0v) is 14.4. The molecule has 0 bridgehead atoms. The molecule has 0 saturated carbocycles. The number of benzene rings is 2. The van der Waals surface area contributed by atoms with E-state index in [9.17, 15) is 4.79 Å². The van der Waals surface area contributed by atoms with E-state index in [-0.39, 0.29) is 11.9 Å². The monoisotopic (exact) mass is 323 g/mol. The van der Waals surface area contributed by atoms with Crippen LogP contribution in [0.3, 0.4) is 0 Å². The van der Waals surface area contributed by atoms with Crippen molar-refractivity contribution in [3.8, 4) is 11.1 Å². The Hall–Kier alpha value is -2.13. The quantitative estimate of drug-likeness (QED) is 0.890. The van der Waals surface area contributed by atoms with Crippen molar-refractivity contribution in [2.24, 2.45) is 0 Å². The van der Waals surface area contributed by atoms with E-state index in [0.29, 0.717) is 0 Å². The number of rotatable bonds is 4. The van der Waals surface area contributed by atoms with E-state index in [1.807, 2.05) is 36.4 Å². The van der Waals surface area contributed by atoms with Crippen molar-refractivity contribution < 1.29 is 9.69 Å². The van der Waals surface area contributed by atoms with Crippen LogP contribution in [0.15, 0.2) is 54.6 Å². The molecular weight excluding hydrogens is 296 g/mol. The van der Waals surface area contributed by atoms with E-state index in [0.717, 1.165) is 29.9 Å². The molecule has 2 N–H and O–H groups in total. The molecule has 126 valence electrons. The van der Waals surface area contributed by atoms with Crippen molar-refractivity contribution in [3.05, 3.63) is 54.6 Å². The number of amides is 1. The number of para-hydroxylation sites is 1. The van der Waals surface area contributed by atoms with Gasteiger partial charge in [-0.15, -0.1) is 0 Å². The largest absolute Gasteiger partial charge is 0.325 e. The summed E-state index contributed by atoms with van der Waals surface area (Å²) in [5.41, 5.74) is 3.10. The summed E-state index contributed by atoms with van der Waals surface area (Å²) in [6.45, 7) is 4.27. The Kier molecular flexibility index (Phi) is 5.65. The lowest BCUT2D eigenvalue weighted by Crippen LogP contribution is -3.16. The molecule has 1 saturated heterocycles. The third-order valence-electron chi connectivity index (χ3n) is 5.02. The normalized spacial score (nSPS) is 17.0. The first-order chi connectivity index (χ1) is 11.8. The number of carbonyl (C=O) groups excluding carboxylic acids is 1. The number of nitrogens with one attached hydrogen (secondary N) is 2. The van der Waals surface area contributed by atoms with E-state index in [1.165, 1.54) is 30.6 Å². The molecule has 24 heavy (non-hydrogen) atoms. The highest BCUT2D eigenvalue weighted by Gasteiger charge is 2.26. The number of hydrogen-bond acceptors (Lipinski definition) is 1. The van der Waals surface area contributed by atoms with Crippen LogP contribution in [-0.4, -0.2) is 25.0 Å². The summed E-state index contributed by atoms with van der Waals surface area (Å²) in [6, 6.07) is 18.3. The lowest BCUT2D eigenvalue weighted by Gasteiger charge is -2.24. The second kappa shape index (κ2) is 8.11. The fourth-order valence-corrected chi connectivity index (χ4v) is 3.50. The molecule has 1 aliphatic rings. The zero-order chi connectivity index (χ0) is 16.8. The van der Waals surface area contributed by atoms with Crippen LogP contribution in [0.5, 0.6) is 0 Å². The third-order valence-corrected chi connectivity index (χ3v) is 5.02. The molecule has 2 aromatic rings. The molecule has 1 amide bonds. The van der Waals surface area contributed by atoms with Crippen LogP contribution in [-0.2, 0) is 4.79 Å². The van der Waals surface area contributed by atoms with Crippen molar-refractivity contribution in [2.75, 3.05) is 18.4 Å². The Balaban J connectivity index is 1.75. The lowest BCUT2D eigenvalue weighted by molar-refractivity contribution is -0.913. The SMILES string of the molecule is C[C@@H](C(=O)Nc1ccccc1-c1ccccc1)[NH+]1CCCCCC1. The minimum absolute atomic E-state index is 0.00747. The van der Waals surface area contributed by atoms with Gasteiger partial charge in [-0.2, -0.15) is 0 Å². The predicted molar refractivity (Wildman–Crippen MR) is 99.1 cm³/mol. The third kappa shape index (κ3) is 4.04. The van der Waals surface area contributed by atoms with Gasteiger partial charge >= 0.3 is 0 Å². The summed E-state index contributed by atoms with van der Waals surface area (Å²) in [4.78, 5) is 14.2. The minimum Gasteiger partial charge on any atom is -0.325 e. The highest BCUT2D eigenvalue weighted by molar-refractivity contribution is 5.97. The first-order valence-electron chi connectivity index (χ1n) is 9.05. The molecule has 3 nitrogen and oxygen atoms in total. The number of likely N-dealkylation sites (tertiary alicyclic amines) is 1. The van der Waals surface area contributed by atoms with Gasteiger partial charge in [0, 0.05) is 11.3 Å². The molecule has 3 heteroatoms. The Labute approximate surface area is 144 Å². The van der Waals surface area contributed by atoms with Crippen LogP contribution < -0.4 is 10.2 Å². The maximum Gasteiger partial charge on any atom is 0.282 e. The first kappa shape index (κ1) is 16.7. The van der Waals surface area contributed by atoms with Crippen LogP contribution in [0, 0.1) is 0 Å². The van der Waals surface area contributed by atoms with Crippen molar-refractivity contribution in [3.63, 3.8) is 0 Å². The van der Waals surface area contributed by atoms with Crippen LogP contribution >= 0.6 is 0 Å². The van der Waals surface area contributed by atoms with Crippen molar-refractivity contribution in [1.82, 2.24) is 0 Å². The van der Waals surface area contributed by atoms with Gasteiger partial charge in [0.15, 0.2) is 6.04 Å². The summed E-state index contributed by atoms with van der Waals surface area (Å²) in [5.74, 6) is 0.121. The molecule has 1 atom stereocenters. The molecule has 1 fully saturated rings. The van der Waals surface area contributed by atoms with Gasteiger partial charge in [-0.1, -0.05) is 48.5 Å². The summed E-state index contributed by atoms with van der Waals surface area (Å²) in [7, 11) is 0. The molecule has 0 spiro atoms. The number of anilines is 1. The molecule has 0 radical (unpaired) electrons. The Morgan fingerprint density at radius 2 is 1.54 bits per heavy atom. The molecule has 0 aromatic heterocycles. The lowest BCUT2D eigenvalue weighted by atomic mass is 10.0. The minimum atomic E-state index is -0.00747. The van der Waals surface area contributed by atoms with Gasteiger partial charge in [0.25, 0.3) is 5.91 Å². The number of carbonyl (C=O) groups is 1. The highest BCUT2D eigenvalue weighted by Crippen LogP contribution is 2.27. The second-order valence-corrected chi connectivity index (χ2v) is 6.70. The van der Waals surface area contributed by atoms with Gasteiger partial charge in [-0.05, 0) is 44.2 Å². The number of hydrogen-bond donors (Lipinski definition) is 2. The van der Waals surface area contributed by atoms with Gasteiger partial charge in [0.05, 0.1) is 13.1 Å². The fraction of sp³-hybridized carbons (Fsp3) is 0.381. The Bertz CT molecular complexity index is 661. The van der Waals surface area contributed by atoms with Crippen molar-refractivity contribution in [1.29, 1.82) is 0 Å². The van der Waals surface area contributed by atoms with Crippen LogP contribution in [0.1, 0.15) is 32.6 Å². The molecule has 0 unspecified atom stereocenters. The topological polar surface area (TPSA) is 33.5 Å². The predicted octanol–water partition coefficient (Wildman–Crippen LogP) is 3.14. The van der Waals surface area contributed by atoms with Crippen LogP contribution in [0.2, 0.25) is 0 Å². The van der Waals surface area contributed by atoms with E-state index >= 15 is 0 Å². The highest BCUT2D eigenvalue weighted by atomic mass is 16.2. The molecule has 2 aromatic carbocycles. The number of quaternary nitrogens is 1. The van der Waals surface area contributed by atoms with Gasteiger partial charge in [-0.25, -0.2) is 0 Å². The zero-order valence-electron chi connectivity index (χ0n) is 14.4. The first-order valence-corrected chi connectivity index (χ1v) is 9.05. The van der Waals surface area contributed by atoms with Gasteiger partial charge < -0.3 is 10.2 Å². The van der Waals surface area contributed by atoms with E-state index in [4.69, 9.17) is 0 Å². The van der Waals surface area contributed by atoms with Crippen molar-refractivity contribution in [2.45, 2.75) is 38.6 Å². The average molecular weight is 323 g/mol. The fourth-order valence-electron chi connectivity index (χ4n) is 3.50. The van der Waals surface area contributed by atoms with E-state index in [1.54, 1.807) is 0 Å². The standard InChI is InChI=1S/C21H26N2O/c1-17(23-15-9-2-3-10-16-23)21(24)22-20-14-8-7-13-19(20)18-11-5-4-6-12-18/h4-8,11-14,17H,2-3,9-10,15-16H2,1H3,(H,22,24)/p+1/t17-/m0/s1. The summed E-state index contributed by atoms with van der Waals surface area (Å²) in [5, 5.41) is 3.17. The second-order valence-electron chi connectivity index (χ2n) is 6.70. The van der Waals surface area contributed by atoms with Gasteiger partial charge in [0.2, 0.25) is 0 Å². The Morgan fingerprint density at radius 3 is 2.25 bits per heavy atom. The maximum atomic E-state index is 12.8. The summed E-state index contributed by atoms with van der Waals surface area (Å²) in [6.07, 6.45) is 5.06. The average Bonchev–Trinajstić information content (AvgIpc) is 2.91. The smallest absolute Gasteiger partial charge is 0.282 e. The summed E-state index contributed by atoms with van der Waals surface area (Å²) >= 11 is 0. The maximum absolute atomic E-state index is 12.8. The molecule has 3 rings (SSSR count). The molecular formula is C21H27N2O+. The molecule has 1 aliphatic heterocycles. The van der Waals surface area contributed by atoms with E-state index < -0.39 is 0 Å². The van der Waals surface area contributed by atoms with Gasteiger partial charge in [-0.3, -0.25) is 4.79 Å². The van der Waals surface area contributed by atoms with Crippen molar-refractivity contribution >= 4 is 11.6 Å². The van der Waals surface area contributed by atoms with Crippen LogP contribution in [0.25, 0.3) is 11.1 Å². The van der Waals surface area contributed by atoms with E-state index in [2.05, 4.69) is 30.4 Å².